The van der Waals surface area contributed by atoms with Crippen molar-refractivity contribution in [3.8, 4) is 0 Å². The largest absolute Gasteiger partial charge is 0.373 e. The van der Waals surface area contributed by atoms with Crippen LogP contribution in [0.25, 0.3) is 0 Å². The van der Waals surface area contributed by atoms with Gasteiger partial charge in [-0.2, -0.15) is 0 Å². The number of rotatable bonds is 4. The van der Waals surface area contributed by atoms with Gasteiger partial charge in [-0.3, -0.25) is 9.59 Å². The molecule has 0 bridgehead atoms. The summed E-state index contributed by atoms with van der Waals surface area (Å²) in [5, 5.41) is 0. The van der Waals surface area contributed by atoms with Crippen LogP contribution in [0.1, 0.15) is 37.3 Å². The van der Waals surface area contributed by atoms with E-state index < -0.39 is 17.7 Å². The Morgan fingerprint density at radius 1 is 1.35 bits per heavy atom. The maximum Gasteiger partial charge on any atom is 0.225 e. The van der Waals surface area contributed by atoms with E-state index in [1.165, 1.54) is 5.56 Å². The van der Waals surface area contributed by atoms with Gasteiger partial charge in [-0.15, -0.1) is 0 Å². The van der Waals surface area contributed by atoms with Gasteiger partial charge in [0.2, 0.25) is 11.8 Å². The number of benzene rings is 1. The van der Waals surface area contributed by atoms with Gasteiger partial charge in [0, 0.05) is 31.1 Å². The number of nitrogens with zero attached hydrogens (tertiary/aromatic N) is 1. The summed E-state index contributed by atoms with van der Waals surface area (Å²) < 4.78 is 0. The van der Waals surface area contributed by atoms with Crippen molar-refractivity contribution in [1.82, 2.24) is 0 Å². The van der Waals surface area contributed by atoms with Gasteiger partial charge in [-0.25, -0.2) is 0 Å². The average molecular weight is 275 g/mol. The first-order valence-electron chi connectivity index (χ1n) is 6.65. The van der Waals surface area contributed by atoms with Gasteiger partial charge in [0.25, 0.3) is 0 Å². The molecule has 0 saturated carbocycles. The summed E-state index contributed by atoms with van der Waals surface area (Å²) in [5.74, 6) is -1.70. The first-order chi connectivity index (χ1) is 9.22. The first-order valence-corrected chi connectivity index (χ1v) is 6.65. The third kappa shape index (κ3) is 2.48. The minimum absolute atomic E-state index is 0.00894. The Hall–Kier alpha value is -2.04. The summed E-state index contributed by atoms with van der Waals surface area (Å²) >= 11 is 0. The Balaban J connectivity index is 2.44. The second-order valence-corrected chi connectivity index (χ2v) is 6.14. The molecule has 2 amide bonds. The topological polar surface area (TPSA) is 89.4 Å². The van der Waals surface area contributed by atoms with Crippen LogP contribution in [0.15, 0.2) is 18.2 Å². The number of hydrogen-bond acceptors (Lipinski definition) is 3. The van der Waals surface area contributed by atoms with Gasteiger partial charge in [-0.1, -0.05) is 26.0 Å². The molecular weight excluding hydrogens is 254 g/mol. The van der Waals surface area contributed by atoms with E-state index >= 15 is 0 Å². The van der Waals surface area contributed by atoms with Crippen molar-refractivity contribution in [2.75, 3.05) is 18.5 Å². The fraction of sp³-hybridized carbons (Fsp3) is 0.467. The fourth-order valence-corrected chi connectivity index (χ4v) is 2.99. The van der Waals surface area contributed by atoms with E-state index in [0.29, 0.717) is 0 Å². The number of likely N-dealkylation sites (N-methyl/N-ethyl adjacent to an activating group) is 1. The molecule has 0 saturated heterocycles. The molecule has 0 spiro atoms. The van der Waals surface area contributed by atoms with Crippen LogP contribution in [0, 0.1) is 0 Å². The Morgan fingerprint density at radius 2 is 2.00 bits per heavy atom. The third-order valence-electron chi connectivity index (χ3n) is 3.94. The molecule has 108 valence electrons. The molecule has 0 fully saturated rings. The molecule has 4 N–H and O–H groups in total. The van der Waals surface area contributed by atoms with Crippen molar-refractivity contribution in [1.29, 1.82) is 0 Å². The predicted octanol–water partition coefficient (Wildman–Crippen LogP) is 0.858. The van der Waals surface area contributed by atoms with Crippen molar-refractivity contribution in [2.45, 2.75) is 31.6 Å². The number of carbonyl (C=O) groups is 2. The van der Waals surface area contributed by atoms with E-state index in [0.717, 1.165) is 17.8 Å². The molecule has 1 atom stereocenters. The lowest BCUT2D eigenvalue weighted by Crippen LogP contribution is -2.27. The number of primary amides is 2. The Labute approximate surface area is 118 Å². The Bertz CT molecular complexity index is 566. The van der Waals surface area contributed by atoms with Crippen molar-refractivity contribution < 1.29 is 9.59 Å². The van der Waals surface area contributed by atoms with Crippen molar-refractivity contribution >= 4 is 17.5 Å². The molecule has 5 heteroatoms. The molecule has 0 radical (unpaired) electrons. The molecular formula is C15H21N3O2. The summed E-state index contributed by atoms with van der Waals surface area (Å²) in [6, 6.07) is 5.82. The molecule has 1 heterocycles. The SMILES string of the molecule is CN1CC(C)(C)c2cc(C(CC(N)=O)C(N)=O)ccc21. The second-order valence-electron chi connectivity index (χ2n) is 6.14. The maximum absolute atomic E-state index is 11.6. The smallest absolute Gasteiger partial charge is 0.225 e. The minimum Gasteiger partial charge on any atom is -0.373 e. The van der Waals surface area contributed by atoms with Crippen LogP contribution < -0.4 is 16.4 Å². The van der Waals surface area contributed by atoms with Crippen molar-refractivity contribution in [3.05, 3.63) is 29.3 Å². The minimum atomic E-state index is -0.653. The molecule has 1 aliphatic rings. The Morgan fingerprint density at radius 3 is 2.55 bits per heavy atom. The van der Waals surface area contributed by atoms with E-state index in [-0.39, 0.29) is 11.8 Å². The normalized spacial score (nSPS) is 17.6. The van der Waals surface area contributed by atoms with Gasteiger partial charge in [0.15, 0.2) is 0 Å². The highest BCUT2D eigenvalue weighted by atomic mass is 16.2. The Kier molecular flexibility index (Phi) is 3.46. The molecule has 1 aromatic carbocycles. The number of anilines is 1. The van der Waals surface area contributed by atoms with Crippen LogP contribution in [-0.2, 0) is 15.0 Å². The van der Waals surface area contributed by atoms with Gasteiger partial charge in [0.1, 0.15) is 0 Å². The average Bonchev–Trinajstić information content (AvgIpc) is 2.56. The monoisotopic (exact) mass is 275 g/mol. The summed E-state index contributed by atoms with van der Waals surface area (Å²) in [7, 11) is 2.04. The molecule has 20 heavy (non-hydrogen) atoms. The molecule has 0 aromatic heterocycles. The third-order valence-corrected chi connectivity index (χ3v) is 3.94. The van der Waals surface area contributed by atoms with Gasteiger partial charge in [-0.05, 0) is 17.2 Å². The number of nitrogens with two attached hydrogens (primary N) is 2. The van der Waals surface area contributed by atoms with Crippen LogP contribution in [0.4, 0.5) is 5.69 Å². The lowest BCUT2D eigenvalue weighted by molar-refractivity contribution is -0.124. The van der Waals surface area contributed by atoms with Crippen LogP contribution in [0.2, 0.25) is 0 Å². The van der Waals surface area contributed by atoms with E-state index in [1.807, 2.05) is 25.2 Å². The summed E-state index contributed by atoms with van der Waals surface area (Å²) in [5.41, 5.74) is 13.7. The lowest BCUT2D eigenvalue weighted by Gasteiger charge is -2.20. The van der Waals surface area contributed by atoms with E-state index in [2.05, 4.69) is 18.7 Å². The predicted molar refractivity (Wildman–Crippen MR) is 78.5 cm³/mol. The zero-order valence-corrected chi connectivity index (χ0v) is 12.1. The number of hydrogen-bond donors (Lipinski definition) is 2. The summed E-state index contributed by atoms with van der Waals surface area (Å²) in [6.45, 7) is 5.24. The first kappa shape index (κ1) is 14.4. The van der Waals surface area contributed by atoms with Gasteiger partial charge in [0.05, 0.1) is 5.92 Å². The zero-order chi connectivity index (χ0) is 15.1. The molecule has 5 nitrogen and oxygen atoms in total. The van der Waals surface area contributed by atoms with E-state index in [9.17, 15) is 9.59 Å². The van der Waals surface area contributed by atoms with Crippen LogP contribution in [-0.4, -0.2) is 25.4 Å². The fourth-order valence-electron chi connectivity index (χ4n) is 2.99. The van der Waals surface area contributed by atoms with Gasteiger partial charge < -0.3 is 16.4 Å². The maximum atomic E-state index is 11.6. The number of carbonyl (C=O) groups excluding carboxylic acids is 2. The number of fused-ring (bicyclic) bond motifs is 1. The molecule has 1 aromatic rings. The standard InChI is InChI=1S/C15H21N3O2/c1-15(2)8-18(3)12-5-4-9(6-11(12)15)10(14(17)20)7-13(16)19/h4-6,10H,7-8H2,1-3H3,(H2,16,19)(H2,17,20). The molecule has 1 unspecified atom stereocenters. The van der Waals surface area contributed by atoms with E-state index in [4.69, 9.17) is 11.5 Å². The second kappa shape index (κ2) is 4.81. The highest BCUT2D eigenvalue weighted by Crippen LogP contribution is 2.41. The van der Waals surface area contributed by atoms with Crippen molar-refractivity contribution in [3.63, 3.8) is 0 Å². The quantitative estimate of drug-likeness (QED) is 0.854. The molecule has 0 aliphatic carbocycles. The lowest BCUT2D eigenvalue weighted by atomic mass is 9.84. The van der Waals surface area contributed by atoms with Crippen LogP contribution >= 0.6 is 0 Å². The van der Waals surface area contributed by atoms with Crippen LogP contribution in [0.3, 0.4) is 0 Å². The summed E-state index contributed by atoms with van der Waals surface area (Å²) in [6.07, 6.45) is -0.0512. The van der Waals surface area contributed by atoms with Gasteiger partial charge >= 0.3 is 0 Å². The molecule has 2 rings (SSSR count). The highest BCUT2D eigenvalue weighted by molar-refractivity contribution is 5.88. The van der Waals surface area contributed by atoms with Crippen molar-refractivity contribution in [2.24, 2.45) is 11.5 Å². The molecule has 1 aliphatic heterocycles. The zero-order valence-electron chi connectivity index (χ0n) is 12.1. The highest BCUT2D eigenvalue weighted by Gasteiger charge is 2.34. The summed E-state index contributed by atoms with van der Waals surface area (Å²) in [4.78, 5) is 24.9. The number of amides is 2. The van der Waals surface area contributed by atoms with E-state index in [1.54, 1.807) is 0 Å². The van der Waals surface area contributed by atoms with Crippen LogP contribution in [0.5, 0.6) is 0 Å².